The molecule has 0 spiro atoms. The van der Waals surface area contributed by atoms with E-state index >= 15 is 0 Å². The van der Waals surface area contributed by atoms with Gasteiger partial charge in [-0.3, -0.25) is 9.59 Å². The number of ether oxygens (including phenoxy) is 4. The molecule has 1 aromatic carbocycles. The SMILES string of the molecule is CC(=O)O[C@@H]1[C@H](Oc2ccccc2COC(=O)[C@]2(O)C=CCCC2=O)O[C@H](CO)[C@@H](O)[C@@H]1O. The summed E-state index contributed by atoms with van der Waals surface area (Å²) in [5.74, 6) is -2.44. The number of rotatable bonds is 7. The number of carbonyl (C=O) groups is 3. The summed E-state index contributed by atoms with van der Waals surface area (Å²) >= 11 is 0. The van der Waals surface area contributed by atoms with Crippen molar-refractivity contribution < 1.29 is 53.8 Å². The van der Waals surface area contributed by atoms with Crippen LogP contribution in [0.4, 0.5) is 0 Å². The lowest BCUT2D eigenvalue weighted by Crippen LogP contribution is -2.61. The van der Waals surface area contributed by atoms with Crippen LogP contribution in [0.15, 0.2) is 36.4 Å². The predicted molar refractivity (Wildman–Crippen MR) is 109 cm³/mol. The van der Waals surface area contributed by atoms with Gasteiger partial charge in [0, 0.05) is 18.9 Å². The Balaban J connectivity index is 1.76. The summed E-state index contributed by atoms with van der Waals surface area (Å²) in [5, 5.41) is 40.2. The number of Topliss-reactive ketones (excluding diaryl/α,β-unsaturated/α-hetero) is 1. The third kappa shape index (κ3) is 5.40. The molecule has 4 N–H and O–H groups in total. The second-order valence-corrected chi connectivity index (χ2v) is 7.71. The van der Waals surface area contributed by atoms with Gasteiger partial charge in [-0.15, -0.1) is 0 Å². The van der Waals surface area contributed by atoms with Crippen LogP contribution in [-0.4, -0.2) is 81.1 Å². The highest BCUT2D eigenvalue weighted by atomic mass is 16.7. The van der Waals surface area contributed by atoms with Gasteiger partial charge in [0.15, 0.2) is 11.9 Å². The summed E-state index contributed by atoms with van der Waals surface area (Å²) < 4.78 is 21.4. The number of para-hydroxylation sites is 1. The average Bonchev–Trinajstić information content (AvgIpc) is 2.79. The van der Waals surface area contributed by atoms with E-state index in [2.05, 4.69) is 0 Å². The van der Waals surface area contributed by atoms with Crippen LogP contribution in [0.3, 0.4) is 0 Å². The third-order valence-corrected chi connectivity index (χ3v) is 5.33. The molecule has 33 heavy (non-hydrogen) atoms. The molecule has 11 nitrogen and oxygen atoms in total. The van der Waals surface area contributed by atoms with Crippen molar-refractivity contribution in [3.05, 3.63) is 42.0 Å². The number of aliphatic hydroxyl groups excluding tert-OH is 3. The molecule has 0 amide bonds. The van der Waals surface area contributed by atoms with Crippen molar-refractivity contribution in [2.75, 3.05) is 6.61 Å². The smallest absolute Gasteiger partial charge is 0.350 e. The Hall–Kier alpha value is -2.83. The molecule has 0 radical (unpaired) electrons. The Morgan fingerprint density at radius 2 is 1.94 bits per heavy atom. The summed E-state index contributed by atoms with van der Waals surface area (Å²) in [7, 11) is 0. The maximum Gasteiger partial charge on any atom is 0.350 e. The van der Waals surface area contributed by atoms with Crippen LogP contribution < -0.4 is 4.74 Å². The van der Waals surface area contributed by atoms with Crippen molar-refractivity contribution in [2.45, 2.75) is 62.7 Å². The summed E-state index contributed by atoms with van der Waals surface area (Å²) in [4.78, 5) is 35.8. The monoisotopic (exact) mass is 466 g/mol. The number of benzene rings is 1. The minimum absolute atomic E-state index is 0.0125. The van der Waals surface area contributed by atoms with Gasteiger partial charge in [-0.05, 0) is 18.6 Å². The molecule has 11 heteroatoms. The first-order chi connectivity index (χ1) is 15.7. The van der Waals surface area contributed by atoms with Crippen molar-refractivity contribution in [3.63, 3.8) is 0 Å². The summed E-state index contributed by atoms with van der Waals surface area (Å²) in [5.41, 5.74) is -2.04. The number of ketones is 1. The van der Waals surface area contributed by atoms with Crippen molar-refractivity contribution in [3.8, 4) is 5.75 Å². The first-order valence-corrected chi connectivity index (χ1v) is 10.3. The number of carbonyl (C=O) groups excluding carboxylic acids is 3. The number of allylic oxidation sites excluding steroid dienone is 1. The van der Waals surface area contributed by atoms with Crippen molar-refractivity contribution in [1.29, 1.82) is 0 Å². The van der Waals surface area contributed by atoms with Gasteiger partial charge in [0.2, 0.25) is 11.9 Å². The predicted octanol–water partition coefficient (Wildman–Crippen LogP) is -0.870. The lowest BCUT2D eigenvalue weighted by atomic mass is 9.90. The fourth-order valence-corrected chi connectivity index (χ4v) is 3.52. The Labute approximate surface area is 189 Å². The zero-order valence-corrected chi connectivity index (χ0v) is 17.8. The van der Waals surface area contributed by atoms with Gasteiger partial charge in [-0.1, -0.05) is 24.3 Å². The molecule has 1 aliphatic carbocycles. The van der Waals surface area contributed by atoms with Crippen molar-refractivity contribution in [2.24, 2.45) is 0 Å². The van der Waals surface area contributed by atoms with E-state index in [-0.39, 0.29) is 18.8 Å². The van der Waals surface area contributed by atoms with Gasteiger partial charge in [-0.25, -0.2) is 4.79 Å². The van der Waals surface area contributed by atoms with Gasteiger partial charge >= 0.3 is 11.9 Å². The van der Waals surface area contributed by atoms with Gasteiger partial charge in [0.25, 0.3) is 0 Å². The van der Waals surface area contributed by atoms with Crippen molar-refractivity contribution in [1.82, 2.24) is 0 Å². The largest absolute Gasteiger partial charge is 0.460 e. The summed E-state index contributed by atoms with van der Waals surface area (Å²) in [6, 6.07) is 6.25. The molecule has 1 fully saturated rings. The Morgan fingerprint density at radius 1 is 1.21 bits per heavy atom. The molecule has 6 atom stereocenters. The Kier molecular flexibility index (Phi) is 7.82. The van der Waals surface area contributed by atoms with Crippen LogP contribution in [0.25, 0.3) is 0 Å². The zero-order valence-electron chi connectivity index (χ0n) is 17.8. The molecular formula is C22H26O11. The lowest BCUT2D eigenvalue weighted by Gasteiger charge is -2.41. The van der Waals surface area contributed by atoms with Crippen molar-refractivity contribution >= 4 is 17.7 Å². The fourth-order valence-electron chi connectivity index (χ4n) is 3.52. The molecule has 2 aliphatic rings. The summed E-state index contributed by atoms with van der Waals surface area (Å²) in [6.07, 6.45) is -4.11. The molecule has 1 heterocycles. The number of hydrogen-bond acceptors (Lipinski definition) is 11. The third-order valence-electron chi connectivity index (χ3n) is 5.33. The van der Waals surface area contributed by atoms with E-state index in [9.17, 15) is 34.8 Å². The minimum atomic E-state index is -2.35. The van der Waals surface area contributed by atoms with E-state index in [1.165, 1.54) is 12.1 Å². The van der Waals surface area contributed by atoms with Gasteiger partial charge in [-0.2, -0.15) is 0 Å². The average molecular weight is 466 g/mol. The first-order valence-electron chi connectivity index (χ1n) is 10.3. The molecule has 0 unspecified atom stereocenters. The Bertz CT molecular complexity index is 913. The van der Waals surface area contributed by atoms with E-state index in [0.717, 1.165) is 13.0 Å². The van der Waals surface area contributed by atoms with Gasteiger partial charge in [0.1, 0.15) is 30.7 Å². The van der Waals surface area contributed by atoms with Crippen LogP contribution in [0.1, 0.15) is 25.3 Å². The van der Waals surface area contributed by atoms with Gasteiger partial charge < -0.3 is 39.4 Å². The zero-order chi connectivity index (χ0) is 24.2. The normalized spacial score (nSPS) is 31.7. The van der Waals surface area contributed by atoms with Crippen LogP contribution in [0.2, 0.25) is 0 Å². The number of aliphatic hydroxyl groups is 4. The first kappa shape index (κ1) is 24.8. The highest BCUT2D eigenvalue weighted by Gasteiger charge is 2.48. The fraction of sp³-hybridized carbons (Fsp3) is 0.500. The number of hydrogen-bond donors (Lipinski definition) is 4. The molecule has 0 saturated carbocycles. The van der Waals surface area contributed by atoms with Gasteiger partial charge in [0.05, 0.1) is 6.61 Å². The molecule has 1 aliphatic heterocycles. The minimum Gasteiger partial charge on any atom is -0.460 e. The highest BCUT2D eigenvalue weighted by Crippen LogP contribution is 2.29. The molecule has 0 bridgehead atoms. The molecule has 1 aromatic rings. The van der Waals surface area contributed by atoms with E-state index in [1.807, 2.05) is 0 Å². The second kappa shape index (κ2) is 10.4. The van der Waals surface area contributed by atoms with Crippen LogP contribution in [0, 0.1) is 0 Å². The molecule has 1 saturated heterocycles. The van der Waals surface area contributed by atoms with Crippen LogP contribution in [0.5, 0.6) is 5.75 Å². The molecule has 0 aromatic heterocycles. The molecule has 180 valence electrons. The summed E-state index contributed by atoms with van der Waals surface area (Å²) in [6.45, 7) is 0.0929. The topological polar surface area (TPSA) is 169 Å². The van der Waals surface area contributed by atoms with Crippen LogP contribution in [-0.2, 0) is 35.2 Å². The quantitative estimate of drug-likeness (QED) is 0.224. The maximum absolute atomic E-state index is 12.4. The van der Waals surface area contributed by atoms with E-state index < -0.39 is 60.6 Å². The number of esters is 2. The maximum atomic E-state index is 12.4. The Morgan fingerprint density at radius 3 is 2.61 bits per heavy atom. The molecule has 3 rings (SSSR count). The van der Waals surface area contributed by atoms with E-state index in [4.69, 9.17) is 18.9 Å². The lowest BCUT2D eigenvalue weighted by molar-refractivity contribution is -0.282. The van der Waals surface area contributed by atoms with E-state index in [0.29, 0.717) is 12.0 Å². The van der Waals surface area contributed by atoms with Crippen LogP contribution >= 0.6 is 0 Å². The second-order valence-electron chi connectivity index (χ2n) is 7.71. The highest BCUT2D eigenvalue weighted by molar-refractivity contribution is 6.09. The standard InChI is InChI=1S/C22H26O11/c1-12(24)31-19-18(27)17(26)15(10-23)33-20(19)32-14-7-3-2-6-13(14)11-30-21(28)22(29)9-5-4-8-16(22)25/h2-3,5-7,9,15,17-20,23,26-27,29H,4,8,10-11H2,1H3/t15-,17-,18+,19+,20-,22+/m1/s1. The van der Waals surface area contributed by atoms with E-state index in [1.54, 1.807) is 18.2 Å². The molecular weight excluding hydrogens is 440 g/mol.